The lowest BCUT2D eigenvalue weighted by Crippen LogP contribution is -2.20. The van der Waals surface area contributed by atoms with Gasteiger partial charge in [-0.25, -0.2) is 0 Å². The first kappa shape index (κ1) is 20.0. The summed E-state index contributed by atoms with van der Waals surface area (Å²) in [7, 11) is 4.21. The van der Waals surface area contributed by atoms with Crippen LogP contribution in [0.1, 0.15) is 31.9 Å². The number of halogens is 2. The second kappa shape index (κ2) is 10.6. The summed E-state index contributed by atoms with van der Waals surface area (Å²) in [4.78, 5) is 2.21. The molecule has 1 N–H and O–H groups in total. The molecule has 0 saturated heterocycles. The maximum Gasteiger partial charge on any atom is 0.0534 e. The first-order chi connectivity index (χ1) is 7.59. The van der Waals surface area contributed by atoms with Gasteiger partial charge in [0.1, 0.15) is 0 Å². The normalized spacial score (nSPS) is 10.3. The van der Waals surface area contributed by atoms with E-state index >= 15 is 0 Å². The molecular formula is C12H26Cl2N4. The Labute approximate surface area is 123 Å². The first-order valence-electron chi connectivity index (χ1n) is 5.98. The fraction of sp³-hybridized carbons (Fsp3) is 0.750. The number of aromatic nitrogens is 2. The average Bonchev–Trinajstić information content (AvgIpc) is 2.65. The van der Waals surface area contributed by atoms with Gasteiger partial charge in [0.05, 0.1) is 6.20 Å². The smallest absolute Gasteiger partial charge is 0.0534 e. The predicted molar refractivity (Wildman–Crippen MR) is 82.0 cm³/mol. The number of hydrogen-bond acceptors (Lipinski definition) is 3. The lowest BCUT2D eigenvalue weighted by atomic mass is 10.3. The van der Waals surface area contributed by atoms with Crippen LogP contribution in [0.15, 0.2) is 12.4 Å². The van der Waals surface area contributed by atoms with Crippen LogP contribution in [0.4, 0.5) is 0 Å². The van der Waals surface area contributed by atoms with Crippen LogP contribution in [0, 0.1) is 0 Å². The van der Waals surface area contributed by atoms with Gasteiger partial charge in [0.15, 0.2) is 0 Å². The van der Waals surface area contributed by atoms with Gasteiger partial charge in [-0.2, -0.15) is 5.10 Å². The molecule has 1 aromatic rings. The second-order valence-corrected chi connectivity index (χ2v) is 4.76. The number of nitrogens with one attached hydrogen (secondary N) is 1. The van der Waals surface area contributed by atoms with Crippen LogP contribution in [0.3, 0.4) is 0 Å². The van der Waals surface area contributed by atoms with Gasteiger partial charge in [0.25, 0.3) is 0 Å². The van der Waals surface area contributed by atoms with E-state index in [0.29, 0.717) is 6.04 Å². The van der Waals surface area contributed by atoms with Crippen molar-refractivity contribution in [1.82, 2.24) is 20.0 Å². The van der Waals surface area contributed by atoms with Gasteiger partial charge in [-0.3, -0.25) is 4.68 Å². The van der Waals surface area contributed by atoms with Gasteiger partial charge in [0, 0.05) is 24.3 Å². The molecule has 0 unspecified atom stereocenters. The second-order valence-electron chi connectivity index (χ2n) is 4.76. The third kappa shape index (κ3) is 7.93. The van der Waals surface area contributed by atoms with Crippen LogP contribution < -0.4 is 5.32 Å². The summed E-state index contributed by atoms with van der Waals surface area (Å²) < 4.78 is 2.00. The van der Waals surface area contributed by atoms with E-state index < -0.39 is 0 Å². The maximum absolute atomic E-state index is 4.31. The lowest BCUT2D eigenvalue weighted by Gasteiger charge is -2.09. The van der Waals surface area contributed by atoms with Crippen molar-refractivity contribution < 1.29 is 0 Å². The zero-order valence-corrected chi connectivity index (χ0v) is 13.4. The molecule has 0 spiro atoms. The zero-order chi connectivity index (χ0) is 12.0. The average molecular weight is 297 g/mol. The summed E-state index contributed by atoms with van der Waals surface area (Å²) in [5.74, 6) is 0. The van der Waals surface area contributed by atoms with Crippen LogP contribution in [-0.4, -0.2) is 41.9 Å². The maximum atomic E-state index is 4.31. The summed E-state index contributed by atoms with van der Waals surface area (Å²) in [6.45, 7) is 7.39. The Morgan fingerprint density at radius 1 is 1.33 bits per heavy atom. The molecule has 0 radical (unpaired) electrons. The van der Waals surface area contributed by atoms with Crippen molar-refractivity contribution in [2.24, 2.45) is 0 Å². The quantitative estimate of drug-likeness (QED) is 0.784. The molecule has 0 bridgehead atoms. The largest absolute Gasteiger partial charge is 0.313 e. The number of nitrogens with zero attached hydrogens (tertiary/aromatic N) is 3. The molecule has 0 aliphatic rings. The summed E-state index contributed by atoms with van der Waals surface area (Å²) >= 11 is 0. The Morgan fingerprint density at radius 3 is 2.50 bits per heavy atom. The molecule has 6 heteroatoms. The van der Waals surface area contributed by atoms with Gasteiger partial charge in [-0.1, -0.05) is 0 Å². The first-order valence-corrected chi connectivity index (χ1v) is 5.98. The molecule has 0 atom stereocenters. The van der Waals surface area contributed by atoms with Gasteiger partial charge >= 0.3 is 0 Å². The molecule has 0 aliphatic carbocycles. The van der Waals surface area contributed by atoms with Crippen LogP contribution >= 0.6 is 24.8 Å². The molecule has 18 heavy (non-hydrogen) atoms. The summed E-state index contributed by atoms with van der Waals surface area (Å²) in [5.41, 5.74) is 1.26. The molecule has 4 nitrogen and oxygen atoms in total. The fourth-order valence-corrected chi connectivity index (χ4v) is 1.50. The van der Waals surface area contributed by atoms with Gasteiger partial charge in [0.2, 0.25) is 0 Å². The number of hydrogen-bond donors (Lipinski definition) is 1. The zero-order valence-electron chi connectivity index (χ0n) is 11.7. The van der Waals surface area contributed by atoms with Crippen LogP contribution in [-0.2, 0) is 6.54 Å². The van der Waals surface area contributed by atoms with Crippen LogP contribution in [0.25, 0.3) is 0 Å². The minimum absolute atomic E-state index is 0. The monoisotopic (exact) mass is 296 g/mol. The fourth-order valence-electron chi connectivity index (χ4n) is 1.50. The lowest BCUT2D eigenvalue weighted by molar-refractivity contribution is 0.394. The summed E-state index contributed by atoms with van der Waals surface area (Å²) in [6.07, 6.45) is 5.24. The highest BCUT2D eigenvalue weighted by atomic mass is 35.5. The summed E-state index contributed by atoms with van der Waals surface area (Å²) in [6, 6.07) is 0.447. The standard InChI is InChI=1S/C12H24N4.2ClH/c1-11(2)16-10-12(9-14-16)8-13-6-5-7-15(3)4;;/h9-11,13H,5-8H2,1-4H3;2*1H. The molecular weight excluding hydrogens is 271 g/mol. The highest BCUT2D eigenvalue weighted by Crippen LogP contribution is 2.04. The third-order valence-electron chi connectivity index (χ3n) is 2.47. The molecule has 1 heterocycles. The van der Waals surface area contributed by atoms with Gasteiger partial charge < -0.3 is 10.2 Å². The van der Waals surface area contributed by atoms with E-state index in [1.54, 1.807) is 0 Å². The Balaban J connectivity index is 0. The Morgan fingerprint density at radius 2 is 2.00 bits per heavy atom. The molecule has 0 fully saturated rings. The van der Waals surface area contributed by atoms with E-state index in [1.807, 2.05) is 10.9 Å². The third-order valence-corrected chi connectivity index (χ3v) is 2.47. The Hall–Kier alpha value is -0.290. The van der Waals surface area contributed by atoms with E-state index in [-0.39, 0.29) is 24.8 Å². The van der Waals surface area contributed by atoms with Crippen molar-refractivity contribution in [3.05, 3.63) is 18.0 Å². The van der Waals surface area contributed by atoms with Crippen molar-refractivity contribution >= 4 is 24.8 Å². The van der Waals surface area contributed by atoms with E-state index in [2.05, 4.69) is 49.5 Å². The molecule has 0 aromatic carbocycles. The van der Waals surface area contributed by atoms with Crippen molar-refractivity contribution in [2.45, 2.75) is 32.9 Å². The van der Waals surface area contributed by atoms with E-state index in [0.717, 1.165) is 19.6 Å². The highest BCUT2D eigenvalue weighted by molar-refractivity contribution is 5.85. The molecule has 0 aliphatic heterocycles. The van der Waals surface area contributed by atoms with Crippen molar-refractivity contribution in [2.75, 3.05) is 27.2 Å². The molecule has 1 aromatic heterocycles. The predicted octanol–water partition coefficient (Wildman–Crippen LogP) is 2.35. The Bertz CT molecular complexity index is 300. The minimum atomic E-state index is 0. The SMILES string of the molecule is CC(C)n1cc(CNCCCN(C)C)cn1.Cl.Cl. The van der Waals surface area contributed by atoms with Crippen LogP contribution in [0.5, 0.6) is 0 Å². The Kier molecular flexibility index (Phi) is 11.8. The van der Waals surface area contributed by atoms with E-state index in [1.165, 1.54) is 12.0 Å². The highest BCUT2D eigenvalue weighted by Gasteiger charge is 2.00. The molecule has 0 saturated carbocycles. The molecule has 0 amide bonds. The number of rotatable bonds is 7. The van der Waals surface area contributed by atoms with E-state index in [4.69, 9.17) is 0 Å². The van der Waals surface area contributed by atoms with Gasteiger partial charge in [-0.15, -0.1) is 24.8 Å². The van der Waals surface area contributed by atoms with Crippen molar-refractivity contribution in [3.63, 3.8) is 0 Å². The van der Waals surface area contributed by atoms with Gasteiger partial charge in [-0.05, 0) is 47.5 Å². The van der Waals surface area contributed by atoms with Crippen LogP contribution in [0.2, 0.25) is 0 Å². The molecule has 108 valence electrons. The van der Waals surface area contributed by atoms with Crippen molar-refractivity contribution in [3.8, 4) is 0 Å². The molecule has 1 rings (SSSR count). The summed E-state index contributed by atoms with van der Waals surface area (Å²) in [5, 5.41) is 7.74. The topological polar surface area (TPSA) is 33.1 Å². The van der Waals surface area contributed by atoms with Crippen molar-refractivity contribution in [1.29, 1.82) is 0 Å². The minimum Gasteiger partial charge on any atom is -0.313 e. The van der Waals surface area contributed by atoms with E-state index in [9.17, 15) is 0 Å².